The summed E-state index contributed by atoms with van der Waals surface area (Å²) in [7, 11) is 3.49. The quantitative estimate of drug-likeness (QED) is 0.729. The average molecular weight is 453 g/mol. The van der Waals surface area contributed by atoms with Gasteiger partial charge in [-0.1, -0.05) is 0 Å². The zero-order chi connectivity index (χ0) is 22.4. The first-order chi connectivity index (χ1) is 14.0. The molecule has 0 radical (unpaired) electrons. The molecule has 3 heterocycles. The van der Waals surface area contributed by atoms with E-state index in [1.165, 1.54) is 5.01 Å². The highest BCUT2D eigenvalue weighted by molar-refractivity contribution is 7.09. The van der Waals surface area contributed by atoms with E-state index in [9.17, 15) is 18.0 Å². The Morgan fingerprint density at radius 1 is 1.40 bits per heavy atom. The molecule has 1 atom stereocenters. The van der Waals surface area contributed by atoms with E-state index in [0.717, 1.165) is 38.9 Å². The van der Waals surface area contributed by atoms with E-state index in [1.807, 2.05) is 11.6 Å². The van der Waals surface area contributed by atoms with Crippen LogP contribution in [-0.4, -0.2) is 90.0 Å². The van der Waals surface area contributed by atoms with Crippen molar-refractivity contribution in [1.82, 2.24) is 14.8 Å². The highest BCUT2D eigenvalue weighted by Crippen LogP contribution is 2.37. The standard InChI is InChI=1S/C16H25N3O3S.C2HF3O2/c1-18(2)15(20)12-21-13-9-16(22-11-13)3-6-19(7-4-16)10-14-17-5-8-23-14;3-2(4,5)1(6)7/h5,8,13H,3-4,6-7,9-12H2,1-2H3;(H,6,7). The molecule has 12 heteroatoms. The number of nitrogens with zero attached hydrogens (tertiary/aromatic N) is 3. The van der Waals surface area contributed by atoms with Crippen LogP contribution >= 0.6 is 11.3 Å². The van der Waals surface area contributed by atoms with Crippen molar-refractivity contribution in [2.75, 3.05) is 40.4 Å². The molecule has 1 aromatic rings. The number of carbonyl (C=O) groups is 2. The largest absolute Gasteiger partial charge is 0.490 e. The van der Waals surface area contributed by atoms with Crippen LogP contribution in [0.5, 0.6) is 0 Å². The molecule has 0 aliphatic carbocycles. The first-order valence-corrected chi connectivity index (χ1v) is 10.3. The fourth-order valence-electron chi connectivity index (χ4n) is 3.22. The zero-order valence-electron chi connectivity index (χ0n) is 16.9. The average Bonchev–Trinajstić information content (AvgIpc) is 3.32. The molecule has 1 spiro atoms. The second kappa shape index (κ2) is 10.5. The Hall–Kier alpha value is -1.76. The third-order valence-electron chi connectivity index (χ3n) is 4.97. The maximum Gasteiger partial charge on any atom is 0.490 e. The number of carboxylic acid groups (broad SMARTS) is 1. The first kappa shape index (κ1) is 24.5. The van der Waals surface area contributed by atoms with Gasteiger partial charge < -0.3 is 19.5 Å². The van der Waals surface area contributed by atoms with Gasteiger partial charge in [0.1, 0.15) is 11.6 Å². The SMILES string of the molecule is CN(C)C(=O)COC1COC2(CCN(Cc3nccs3)CC2)C1.O=C(O)C(F)(F)F. The number of thiazole rings is 1. The van der Waals surface area contributed by atoms with E-state index in [2.05, 4.69) is 9.88 Å². The fourth-order valence-corrected chi connectivity index (χ4v) is 3.87. The van der Waals surface area contributed by atoms with Crippen LogP contribution in [0.25, 0.3) is 0 Å². The van der Waals surface area contributed by atoms with Crippen LogP contribution in [0.15, 0.2) is 11.6 Å². The fraction of sp³-hybridized carbons (Fsp3) is 0.722. The summed E-state index contributed by atoms with van der Waals surface area (Å²) in [5.41, 5.74) is -0.0504. The summed E-state index contributed by atoms with van der Waals surface area (Å²) in [6, 6.07) is 0. The van der Waals surface area contributed by atoms with E-state index < -0.39 is 12.1 Å². The Kier molecular flexibility index (Phi) is 8.59. The number of carboxylic acids is 1. The predicted octanol–water partition coefficient (Wildman–Crippen LogP) is 2.00. The summed E-state index contributed by atoms with van der Waals surface area (Å²) in [4.78, 5) is 28.9. The van der Waals surface area contributed by atoms with Crippen molar-refractivity contribution in [3.8, 4) is 0 Å². The van der Waals surface area contributed by atoms with Crippen LogP contribution in [0, 0.1) is 0 Å². The van der Waals surface area contributed by atoms with Gasteiger partial charge in [0, 0.05) is 45.2 Å². The number of carbonyl (C=O) groups excluding carboxylic acids is 1. The van der Waals surface area contributed by atoms with E-state index in [0.29, 0.717) is 6.61 Å². The minimum atomic E-state index is -5.08. The number of ether oxygens (including phenoxy) is 2. The van der Waals surface area contributed by atoms with Crippen LogP contribution in [-0.2, 0) is 25.6 Å². The Balaban J connectivity index is 0.000000396. The van der Waals surface area contributed by atoms with E-state index in [-0.39, 0.29) is 24.2 Å². The van der Waals surface area contributed by atoms with Gasteiger partial charge in [-0.25, -0.2) is 9.78 Å². The smallest absolute Gasteiger partial charge is 0.475 e. The number of hydrogen-bond acceptors (Lipinski definition) is 7. The Morgan fingerprint density at radius 3 is 2.53 bits per heavy atom. The summed E-state index contributed by atoms with van der Waals surface area (Å²) in [6.07, 6.45) is -0.217. The molecular weight excluding hydrogens is 427 g/mol. The normalized spacial score (nSPS) is 21.2. The highest BCUT2D eigenvalue weighted by Gasteiger charge is 2.43. The van der Waals surface area contributed by atoms with Gasteiger partial charge in [-0.3, -0.25) is 9.69 Å². The summed E-state index contributed by atoms with van der Waals surface area (Å²) >= 11 is 1.71. The summed E-state index contributed by atoms with van der Waals surface area (Å²) < 4.78 is 43.5. The maximum absolute atomic E-state index is 11.6. The Bertz CT molecular complexity index is 692. The maximum atomic E-state index is 11.6. The Labute approximate surface area is 176 Å². The molecule has 0 aromatic carbocycles. The number of piperidine rings is 1. The number of alkyl halides is 3. The molecule has 3 rings (SSSR count). The van der Waals surface area contributed by atoms with Crippen LogP contribution in [0.3, 0.4) is 0 Å². The van der Waals surface area contributed by atoms with Crippen molar-refractivity contribution in [2.24, 2.45) is 0 Å². The van der Waals surface area contributed by atoms with Crippen molar-refractivity contribution in [3.05, 3.63) is 16.6 Å². The second-order valence-electron chi connectivity index (χ2n) is 7.42. The predicted molar refractivity (Wildman–Crippen MR) is 102 cm³/mol. The molecule has 2 saturated heterocycles. The lowest BCUT2D eigenvalue weighted by molar-refractivity contribution is -0.192. The van der Waals surface area contributed by atoms with Crippen LogP contribution in [0.1, 0.15) is 24.3 Å². The molecule has 1 N–H and O–H groups in total. The molecule has 1 amide bonds. The van der Waals surface area contributed by atoms with Crippen LogP contribution in [0.4, 0.5) is 13.2 Å². The number of rotatable bonds is 5. The topological polar surface area (TPSA) is 92.2 Å². The first-order valence-electron chi connectivity index (χ1n) is 9.37. The number of aromatic nitrogens is 1. The van der Waals surface area contributed by atoms with Gasteiger partial charge >= 0.3 is 12.1 Å². The minimum absolute atomic E-state index is 0.00390. The monoisotopic (exact) mass is 453 g/mol. The molecule has 30 heavy (non-hydrogen) atoms. The number of amides is 1. The Morgan fingerprint density at radius 2 is 2.03 bits per heavy atom. The highest BCUT2D eigenvalue weighted by atomic mass is 32.1. The molecule has 1 aromatic heterocycles. The van der Waals surface area contributed by atoms with Crippen LogP contribution < -0.4 is 0 Å². The molecule has 2 fully saturated rings. The molecule has 170 valence electrons. The van der Waals surface area contributed by atoms with Crippen LogP contribution in [0.2, 0.25) is 0 Å². The van der Waals surface area contributed by atoms with E-state index >= 15 is 0 Å². The molecule has 0 saturated carbocycles. The van der Waals surface area contributed by atoms with Gasteiger partial charge in [-0.2, -0.15) is 13.2 Å². The number of aliphatic carboxylic acids is 1. The van der Waals surface area contributed by atoms with Gasteiger partial charge in [0.15, 0.2) is 0 Å². The zero-order valence-corrected chi connectivity index (χ0v) is 17.7. The van der Waals surface area contributed by atoms with Crippen molar-refractivity contribution < 1.29 is 37.3 Å². The van der Waals surface area contributed by atoms with E-state index in [4.69, 9.17) is 19.4 Å². The van der Waals surface area contributed by atoms with Crippen molar-refractivity contribution in [1.29, 1.82) is 0 Å². The second-order valence-corrected chi connectivity index (χ2v) is 8.40. The molecule has 2 aliphatic heterocycles. The molecular formula is C18H26F3N3O5S. The minimum Gasteiger partial charge on any atom is -0.475 e. The third kappa shape index (κ3) is 7.49. The van der Waals surface area contributed by atoms with Crippen molar-refractivity contribution in [2.45, 2.75) is 43.7 Å². The summed E-state index contributed by atoms with van der Waals surface area (Å²) in [5.74, 6) is -2.75. The third-order valence-corrected chi connectivity index (χ3v) is 5.73. The van der Waals surface area contributed by atoms with Gasteiger partial charge in [0.2, 0.25) is 5.91 Å². The lowest BCUT2D eigenvalue weighted by atomic mass is 9.88. The van der Waals surface area contributed by atoms with Crippen molar-refractivity contribution in [3.63, 3.8) is 0 Å². The summed E-state index contributed by atoms with van der Waals surface area (Å²) in [5, 5.41) is 10.3. The number of likely N-dealkylation sites (tertiary alicyclic amines) is 1. The van der Waals surface area contributed by atoms with Gasteiger partial charge in [0.05, 0.1) is 24.9 Å². The number of likely N-dealkylation sites (N-methyl/N-ethyl adjacent to an activating group) is 1. The lowest BCUT2D eigenvalue weighted by Crippen LogP contribution is -2.44. The molecule has 1 unspecified atom stereocenters. The van der Waals surface area contributed by atoms with E-state index in [1.54, 1.807) is 30.3 Å². The van der Waals surface area contributed by atoms with Gasteiger partial charge in [0.25, 0.3) is 0 Å². The van der Waals surface area contributed by atoms with Gasteiger partial charge in [-0.05, 0) is 12.8 Å². The molecule has 2 aliphatic rings. The number of hydrogen-bond donors (Lipinski definition) is 1. The summed E-state index contributed by atoms with van der Waals surface area (Å²) in [6.45, 7) is 3.75. The van der Waals surface area contributed by atoms with Gasteiger partial charge in [-0.15, -0.1) is 11.3 Å². The molecule has 0 bridgehead atoms. The lowest BCUT2D eigenvalue weighted by Gasteiger charge is -2.38. The molecule has 8 nitrogen and oxygen atoms in total. The van der Waals surface area contributed by atoms with Crippen molar-refractivity contribution >= 4 is 23.2 Å². The number of halogens is 3.